The first-order chi connectivity index (χ1) is 17.2. The van der Waals surface area contributed by atoms with Crippen LogP contribution < -0.4 is 15.4 Å². The second-order valence-corrected chi connectivity index (χ2v) is 8.66. The molecule has 2 aromatic rings. The van der Waals surface area contributed by atoms with Crippen molar-refractivity contribution in [2.24, 2.45) is 0 Å². The van der Waals surface area contributed by atoms with E-state index in [2.05, 4.69) is 53.7 Å². The Labute approximate surface area is 211 Å². The van der Waals surface area contributed by atoms with E-state index in [1.807, 2.05) is 24.3 Å². The highest BCUT2D eigenvalue weighted by Gasteiger charge is 2.10. The number of hydrogen-bond donors (Lipinski definition) is 2. The van der Waals surface area contributed by atoms with Gasteiger partial charge in [-0.3, -0.25) is 4.79 Å². The molecule has 188 valence electrons. The fourth-order valence-electron chi connectivity index (χ4n) is 3.75. The molecule has 0 spiro atoms. The molecule has 0 saturated carbocycles. The quantitative estimate of drug-likeness (QED) is 0.318. The van der Waals surface area contributed by atoms with E-state index in [1.54, 1.807) is 12.1 Å². The predicted molar refractivity (Wildman–Crippen MR) is 143 cm³/mol. The summed E-state index contributed by atoms with van der Waals surface area (Å²) in [6.45, 7) is 10.1. The van der Waals surface area contributed by atoms with Gasteiger partial charge in [0.25, 0.3) is 0 Å². The maximum atomic E-state index is 10.2. The highest BCUT2D eigenvalue weighted by molar-refractivity contribution is 5.64. The average molecular weight is 477 g/mol. The third-order valence-corrected chi connectivity index (χ3v) is 5.74. The van der Waals surface area contributed by atoms with Crippen LogP contribution >= 0.6 is 0 Å². The number of allylic oxidation sites excluding steroid dienone is 1. The molecule has 1 aliphatic heterocycles. The van der Waals surface area contributed by atoms with Crippen LogP contribution in [0.5, 0.6) is 5.75 Å². The van der Waals surface area contributed by atoms with Crippen LogP contribution in [-0.2, 0) is 4.79 Å². The Hall–Kier alpha value is -3.30. The van der Waals surface area contributed by atoms with Gasteiger partial charge in [-0.2, -0.15) is 5.26 Å². The number of nitrogens with one attached hydrogen (secondary N) is 2. The number of hydrogen-bond acceptors (Lipinski definition) is 5. The summed E-state index contributed by atoms with van der Waals surface area (Å²) >= 11 is 0. The van der Waals surface area contributed by atoms with Crippen LogP contribution in [0, 0.1) is 18.3 Å². The zero-order valence-corrected chi connectivity index (χ0v) is 21.3. The number of nitrogens with zero attached hydrogens (tertiary/aromatic N) is 2. The van der Waals surface area contributed by atoms with Gasteiger partial charge in [0.2, 0.25) is 6.41 Å². The zero-order chi connectivity index (χ0) is 25.1. The fraction of sp³-hybridized carbons (Fsp3) is 0.448. The molecule has 6 heteroatoms. The molecule has 0 aromatic heterocycles. The van der Waals surface area contributed by atoms with Crippen molar-refractivity contribution < 1.29 is 9.53 Å². The van der Waals surface area contributed by atoms with Gasteiger partial charge in [0.05, 0.1) is 18.2 Å². The summed E-state index contributed by atoms with van der Waals surface area (Å²) in [5.74, 6) is 0.993. The van der Waals surface area contributed by atoms with Crippen LogP contribution in [0.25, 0.3) is 5.70 Å². The Bertz CT molecular complexity index is 911. The molecule has 2 aromatic carbocycles. The number of nitriles is 1. The highest BCUT2D eigenvalue weighted by Crippen LogP contribution is 2.14. The van der Waals surface area contributed by atoms with Crippen LogP contribution in [0.4, 0.5) is 0 Å². The molecule has 0 radical (unpaired) electrons. The lowest BCUT2D eigenvalue weighted by Gasteiger charge is -2.14. The number of rotatable bonds is 13. The maximum absolute atomic E-state index is 10.2. The van der Waals surface area contributed by atoms with Crippen molar-refractivity contribution in [3.8, 4) is 11.8 Å². The second kappa shape index (κ2) is 17.2. The summed E-state index contributed by atoms with van der Waals surface area (Å²) < 4.78 is 5.69. The minimum Gasteiger partial charge on any atom is -0.494 e. The summed E-state index contributed by atoms with van der Waals surface area (Å²) in [5, 5.41) is 14.7. The number of benzene rings is 2. The van der Waals surface area contributed by atoms with Gasteiger partial charge < -0.3 is 20.3 Å². The predicted octanol–water partition coefficient (Wildman–Crippen LogP) is 4.89. The molecule has 0 aliphatic carbocycles. The van der Waals surface area contributed by atoms with Gasteiger partial charge in [0.15, 0.2) is 0 Å². The highest BCUT2D eigenvalue weighted by atomic mass is 16.5. The van der Waals surface area contributed by atoms with Gasteiger partial charge >= 0.3 is 0 Å². The Morgan fingerprint density at radius 1 is 1.09 bits per heavy atom. The lowest BCUT2D eigenvalue weighted by Crippen LogP contribution is -2.25. The van der Waals surface area contributed by atoms with E-state index in [4.69, 9.17) is 10.00 Å². The molecule has 1 fully saturated rings. The van der Waals surface area contributed by atoms with Crippen molar-refractivity contribution >= 4 is 12.1 Å². The van der Waals surface area contributed by atoms with Crippen molar-refractivity contribution in [2.45, 2.75) is 46.0 Å². The van der Waals surface area contributed by atoms with Crippen LogP contribution in [0.2, 0.25) is 0 Å². The first-order valence-corrected chi connectivity index (χ1v) is 12.7. The van der Waals surface area contributed by atoms with Gasteiger partial charge in [-0.1, -0.05) is 49.2 Å². The molecule has 6 nitrogen and oxygen atoms in total. The molecule has 1 saturated heterocycles. The Kier molecular flexibility index (Phi) is 13.7. The maximum Gasteiger partial charge on any atom is 0.207 e. The molecule has 35 heavy (non-hydrogen) atoms. The van der Waals surface area contributed by atoms with E-state index in [-0.39, 0.29) is 0 Å². The third-order valence-electron chi connectivity index (χ3n) is 5.74. The van der Waals surface area contributed by atoms with Crippen LogP contribution in [0.3, 0.4) is 0 Å². The van der Waals surface area contributed by atoms with Crippen molar-refractivity contribution in [2.75, 3.05) is 39.3 Å². The van der Waals surface area contributed by atoms with E-state index >= 15 is 0 Å². The standard InChI is InChI=1S/C15H19N3O.C14H21NO/c1-2-3-4-15(18-10-9-17-12-19)14-7-5-13(11-16)6-8-14;1-13-5-7-14(8-6-13)16-12-4-11-15-9-2-3-10-15/h4-8,12,18H,2-3,9-10H2,1H3,(H,17,19);5-8H,2-4,9-12H2,1H3. The van der Waals surface area contributed by atoms with Crippen molar-refractivity contribution in [3.63, 3.8) is 0 Å². The minimum atomic E-state index is 0.587. The summed E-state index contributed by atoms with van der Waals surface area (Å²) in [4.78, 5) is 12.7. The number of amides is 1. The number of carbonyl (C=O) groups excluding carboxylic acids is 1. The Morgan fingerprint density at radius 2 is 1.80 bits per heavy atom. The first-order valence-electron chi connectivity index (χ1n) is 12.7. The van der Waals surface area contributed by atoms with Gasteiger partial charge in [0, 0.05) is 25.3 Å². The summed E-state index contributed by atoms with van der Waals surface area (Å²) in [6, 6.07) is 17.9. The molecule has 2 N–H and O–H groups in total. The van der Waals surface area contributed by atoms with Crippen LogP contribution in [0.1, 0.15) is 55.7 Å². The van der Waals surface area contributed by atoms with E-state index in [1.165, 1.54) is 38.0 Å². The normalized spacial score (nSPS) is 13.3. The molecule has 1 amide bonds. The molecule has 0 unspecified atom stereocenters. The zero-order valence-electron chi connectivity index (χ0n) is 21.3. The van der Waals surface area contributed by atoms with E-state index in [0.29, 0.717) is 25.1 Å². The van der Waals surface area contributed by atoms with Crippen LogP contribution in [-0.4, -0.2) is 50.6 Å². The lowest BCUT2D eigenvalue weighted by molar-refractivity contribution is -0.109. The van der Waals surface area contributed by atoms with Crippen molar-refractivity contribution in [3.05, 3.63) is 71.3 Å². The van der Waals surface area contributed by atoms with E-state index in [9.17, 15) is 4.79 Å². The molecular formula is C29H40N4O2. The third kappa shape index (κ3) is 11.6. The number of carbonyl (C=O) groups is 1. The smallest absolute Gasteiger partial charge is 0.207 e. The molecule has 1 heterocycles. The fourth-order valence-corrected chi connectivity index (χ4v) is 3.75. The Morgan fingerprint density at radius 3 is 2.43 bits per heavy atom. The Balaban J connectivity index is 0.000000250. The molecule has 0 atom stereocenters. The summed E-state index contributed by atoms with van der Waals surface area (Å²) in [5.41, 5.74) is 4.03. The molecule has 0 bridgehead atoms. The number of ether oxygens (including phenoxy) is 1. The minimum absolute atomic E-state index is 0.587. The first kappa shape index (κ1) is 27.9. The lowest BCUT2D eigenvalue weighted by atomic mass is 10.1. The van der Waals surface area contributed by atoms with Crippen molar-refractivity contribution in [1.29, 1.82) is 5.26 Å². The number of likely N-dealkylation sites (tertiary alicyclic amines) is 1. The van der Waals surface area contributed by atoms with Gasteiger partial charge in [0.1, 0.15) is 5.75 Å². The second-order valence-electron chi connectivity index (χ2n) is 8.66. The van der Waals surface area contributed by atoms with Gasteiger partial charge in [-0.05, 0) is 75.5 Å². The summed E-state index contributed by atoms with van der Waals surface area (Å²) in [6.07, 6.45) is 8.78. The molecule has 1 aliphatic rings. The number of aryl methyl sites for hydroxylation is 1. The van der Waals surface area contributed by atoms with Gasteiger partial charge in [-0.15, -0.1) is 0 Å². The van der Waals surface area contributed by atoms with Crippen molar-refractivity contribution in [1.82, 2.24) is 15.5 Å². The number of unbranched alkanes of at least 4 members (excludes halogenated alkanes) is 1. The molecular weight excluding hydrogens is 436 g/mol. The average Bonchev–Trinajstić information content (AvgIpc) is 3.41. The van der Waals surface area contributed by atoms with Gasteiger partial charge in [-0.25, -0.2) is 0 Å². The topological polar surface area (TPSA) is 77.4 Å². The van der Waals surface area contributed by atoms with Crippen LogP contribution in [0.15, 0.2) is 54.6 Å². The largest absolute Gasteiger partial charge is 0.494 e. The monoisotopic (exact) mass is 476 g/mol. The SMILES string of the molecule is CCCC=C(NCCNC=O)c1ccc(C#N)cc1.Cc1ccc(OCCCN2CCCC2)cc1. The summed E-state index contributed by atoms with van der Waals surface area (Å²) in [7, 11) is 0. The van der Waals surface area contributed by atoms with E-state index < -0.39 is 0 Å². The molecule has 3 rings (SSSR count). The van der Waals surface area contributed by atoms with E-state index in [0.717, 1.165) is 42.9 Å².